The third-order valence-corrected chi connectivity index (χ3v) is 3.51. The lowest BCUT2D eigenvalue weighted by Gasteiger charge is -2.24. The summed E-state index contributed by atoms with van der Waals surface area (Å²) in [4.78, 5) is 2.52. The Labute approximate surface area is 98.7 Å². The average Bonchev–Trinajstić information content (AvgIpc) is 2.59. The molecule has 16 heavy (non-hydrogen) atoms. The van der Waals surface area contributed by atoms with Gasteiger partial charge in [-0.2, -0.15) is 0 Å². The Hall–Kier alpha value is -1.02. The van der Waals surface area contributed by atoms with Crippen molar-refractivity contribution in [3.8, 4) is 0 Å². The van der Waals surface area contributed by atoms with Crippen molar-refractivity contribution in [1.29, 1.82) is 0 Å². The first-order valence-electron chi connectivity index (χ1n) is 6.16. The number of hydrogen-bond acceptors (Lipinski definition) is 2. The Bertz CT molecular complexity index is 371. The van der Waals surface area contributed by atoms with Crippen LogP contribution in [0.5, 0.6) is 0 Å². The standard InChI is InChI=1S/C14H22N2/c1-10(2)16-9-12(8-15-4)14-11(3)6-5-7-13(14)16/h5-7,10,12,15H,8-9H2,1-4H3. The number of hydrogen-bond donors (Lipinski definition) is 1. The number of nitrogens with one attached hydrogen (secondary N) is 1. The minimum absolute atomic E-state index is 0.586. The van der Waals surface area contributed by atoms with Crippen LogP contribution in [0.4, 0.5) is 5.69 Å². The second kappa shape index (κ2) is 4.46. The van der Waals surface area contributed by atoms with E-state index in [-0.39, 0.29) is 0 Å². The van der Waals surface area contributed by atoms with Crippen LogP contribution in [0.15, 0.2) is 18.2 Å². The maximum absolute atomic E-state index is 3.31. The van der Waals surface area contributed by atoms with Crippen LogP contribution in [-0.2, 0) is 0 Å². The fourth-order valence-corrected chi connectivity index (χ4v) is 2.78. The van der Waals surface area contributed by atoms with Crippen LogP contribution in [0.1, 0.15) is 30.9 Å². The lowest BCUT2D eigenvalue weighted by molar-refractivity contribution is 0.610. The highest BCUT2D eigenvalue weighted by molar-refractivity contribution is 5.63. The van der Waals surface area contributed by atoms with E-state index >= 15 is 0 Å². The number of nitrogens with zero attached hydrogens (tertiary/aromatic N) is 1. The molecule has 1 aliphatic heterocycles. The number of benzene rings is 1. The van der Waals surface area contributed by atoms with Gasteiger partial charge in [0.1, 0.15) is 0 Å². The number of aryl methyl sites for hydroxylation is 1. The van der Waals surface area contributed by atoms with Crippen molar-refractivity contribution in [2.45, 2.75) is 32.7 Å². The largest absolute Gasteiger partial charge is 0.368 e. The normalized spacial score (nSPS) is 19.3. The number of fused-ring (bicyclic) bond motifs is 1. The van der Waals surface area contributed by atoms with E-state index in [4.69, 9.17) is 0 Å². The maximum atomic E-state index is 3.31. The lowest BCUT2D eigenvalue weighted by atomic mass is 9.97. The van der Waals surface area contributed by atoms with Crippen molar-refractivity contribution >= 4 is 5.69 Å². The fourth-order valence-electron chi connectivity index (χ4n) is 2.78. The van der Waals surface area contributed by atoms with Crippen molar-refractivity contribution in [1.82, 2.24) is 5.32 Å². The summed E-state index contributed by atoms with van der Waals surface area (Å²) in [6.07, 6.45) is 0. The van der Waals surface area contributed by atoms with E-state index in [1.54, 1.807) is 5.56 Å². The van der Waals surface area contributed by atoms with Gasteiger partial charge in [-0.05, 0) is 45.0 Å². The summed E-state index contributed by atoms with van der Waals surface area (Å²) < 4.78 is 0. The van der Waals surface area contributed by atoms with Crippen LogP contribution < -0.4 is 10.2 Å². The molecule has 0 spiro atoms. The Balaban J connectivity index is 2.40. The van der Waals surface area contributed by atoms with Gasteiger partial charge < -0.3 is 10.2 Å². The topological polar surface area (TPSA) is 15.3 Å². The van der Waals surface area contributed by atoms with Gasteiger partial charge in [0.25, 0.3) is 0 Å². The highest BCUT2D eigenvalue weighted by atomic mass is 15.2. The number of anilines is 1. The van der Waals surface area contributed by atoms with Crippen LogP contribution in [-0.4, -0.2) is 26.2 Å². The molecule has 0 bridgehead atoms. The minimum atomic E-state index is 0.586. The number of likely N-dealkylation sites (N-methyl/N-ethyl adjacent to an activating group) is 1. The smallest absolute Gasteiger partial charge is 0.0407 e. The molecule has 2 nitrogen and oxygen atoms in total. The summed E-state index contributed by atoms with van der Waals surface area (Å²) in [7, 11) is 2.04. The molecule has 1 aromatic carbocycles. The second-order valence-electron chi connectivity index (χ2n) is 5.01. The zero-order valence-electron chi connectivity index (χ0n) is 10.7. The molecule has 0 fully saturated rings. The monoisotopic (exact) mass is 218 g/mol. The molecule has 1 aliphatic rings. The van der Waals surface area contributed by atoms with E-state index in [2.05, 4.69) is 49.2 Å². The highest BCUT2D eigenvalue weighted by Gasteiger charge is 2.30. The average molecular weight is 218 g/mol. The molecule has 0 saturated heterocycles. The van der Waals surface area contributed by atoms with Crippen molar-refractivity contribution in [3.63, 3.8) is 0 Å². The molecule has 1 atom stereocenters. The molecule has 0 radical (unpaired) electrons. The van der Waals surface area contributed by atoms with Gasteiger partial charge in [-0.3, -0.25) is 0 Å². The minimum Gasteiger partial charge on any atom is -0.368 e. The molecule has 0 amide bonds. The van der Waals surface area contributed by atoms with E-state index in [1.807, 2.05) is 7.05 Å². The van der Waals surface area contributed by atoms with E-state index in [9.17, 15) is 0 Å². The third-order valence-electron chi connectivity index (χ3n) is 3.51. The summed E-state index contributed by atoms with van der Waals surface area (Å²) >= 11 is 0. The van der Waals surface area contributed by atoms with Crippen LogP contribution in [0.3, 0.4) is 0 Å². The van der Waals surface area contributed by atoms with Crippen molar-refractivity contribution in [2.24, 2.45) is 0 Å². The van der Waals surface area contributed by atoms with Crippen LogP contribution in [0.2, 0.25) is 0 Å². The zero-order chi connectivity index (χ0) is 11.7. The Morgan fingerprint density at radius 2 is 2.19 bits per heavy atom. The molecule has 1 unspecified atom stereocenters. The fraction of sp³-hybridized carbons (Fsp3) is 0.571. The summed E-state index contributed by atoms with van der Waals surface area (Å²) in [5, 5.41) is 3.31. The molecule has 1 aromatic rings. The number of rotatable bonds is 3. The molecule has 0 saturated carbocycles. The van der Waals surface area contributed by atoms with Crippen LogP contribution >= 0.6 is 0 Å². The first-order valence-corrected chi connectivity index (χ1v) is 6.16. The molecular weight excluding hydrogens is 196 g/mol. The zero-order valence-corrected chi connectivity index (χ0v) is 10.7. The first-order chi connectivity index (χ1) is 7.65. The molecule has 1 N–H and O–H groups in total. The molecule has 2 rings (SSSR count). The summed E-state index contributed by atoms with van der Waals surface area (Å²) in [5.41, 5.74) is 4.42. The second-order valence-corrected chi connectivity index (χ2v) is 5.01. The molecule has 0 aliphatic carbocycles. The summed E-state index contributed by atoms with van der Waals surface area (Å²) in [5.74, 6) is 0.642. The van der Waals surface area contributed by atoms with Gasteiger partial charge >= 0.3 is 0 Å². The van der Waals surface area contributed by atoms with Gasteiger partial charge in [0.05, 0.1) is 0 Å². The summed E-state index contributed by atoms with van der Waals surface area (Å²) in [6.45, 7) is 8.99. The molecule has 1 heterocycles. The predicted octanol–water partition coefficient (Wildman–Crippen LogP) is 2.53. The Morgan fingerprint density at radius 3 is 2.81 bits per heavy atom. The Morgan fingerprint density at radius 1 is 1.44 bits per heavy atom. The van der Waals surface area contributed by atoms with Gasteiger partial charge in [-0.15, -0.1) is 0 Å². The molecule has 0 aromatic heterocycles. The molecule has 2 heteroatoms. The lowest BCUT2D eigenvalue weighted by Crippen LogP contribution is -2.31. The quantitative estimate of drug-likeness (QED) is 0.838. The van der Waals surface area contributed by atoms with Crippen molar-refractivity contribution < 1.29 is 0 Å². The van der Waals surface area contributed by atoms with Crippen molar-refractivity contribution in [3.05, 3.63) is 29.3 Å². The third kappa shape index (κ3) is 1.82. The van der Waals surface area contributed by atoms with E-state index in [0.29, 0.717) is 12.0 Å². The van der Waals surface area contributed by atoms with E-state index in [1.165, 1.54) is 11.3 Å². The van der Waals surface area contributed by atoms with E-state index < -0.39 is 0 Å². The highest BCUT2D eigenvalue weighted by Crippen LogP contribution is 2.38. The SMILES string of the molecule is CNCC1CN(C(C)C)c2cccc(C)c21. The predicted molar refractivity (Wildman–Crippen MR) is 70.3 cm³/mol. The van der Waals surface area contributed by atoms with Gasteiger partial charge in [0, 0.05) is 30.7 Å². The first kappa shape index (κ1) is 11.5. The van der Waals surface area contributed by atoms with Gasteiger partial charge in [0.2, 0.25) is 0 Å². The van der Waals surface area contributed by atoms with E-state index in [0.717, 1.165) is 13.1 Å². The van der Waals surface area contributed by atoms with Gasteiger partial charge in [0.15, 0.2) is 0 Å². The van der Waals surface area contributed by atoms with Crippen LogP contribution in [0.25, 0.3) is 0 Å². The van der Waals surface area contributed by atoms with Gasteiger partial charge in [-0.25, -0.2) is 0 Å². The van der Waals surface area contributed by atoms with Gasteiger partial charge in [-0.1, -0.05) is 12.1 Å². The molecule has 88 valence electrons. The van der Waals surface area contributed by atoms with Crippen LogP contribution in [0, 0.1) is 6.92 Å². The Kier molecular flexibility index (Phi) is 3.20. The molecular formula is C14H22N2. The summed E-state index contributed by atoms with van der Waals surface area (Å²) in [6, 6.07) is 7.25. The maximum Gasteiger partial charge on any atom is 0.0407 e. The van der Waals surface area contributed by atoms with Crippen molar-refractivity contribution in [2.75, 3.05) is 25.0 Å².